The number of halogens is 1. The van der Waals surface area contributed by atoms with Gasteiger partial charge >= 0.3 is 0 Å². The van der Waals surface area contributed by atoms with Crippen LogP contribution in [0.1, 0.15) is 26.2 Å². The highest BCUT2D eigenvalue weighted by Gasteiger charge is 2.31. The van der Waals surface area contributed by atoms with Crippen molar-refractivity contribution in [2.75, 3.05) is 32.8 Å². The van der Waals surface area contributed by atoms with Gasteiger partial charge in [0.15, 0.2) is 0 Å². The molecule has 0 aromatic carbocycles. The number of ether oxygens (including phenoxy) is 1. The molecule has 0 amide bonds. The van der Waals surface area contributed by atoms with Crippen LogP contribution in [0.15, 0.2) is 0 Å². The van der Waals surface area contributed by atoms with Crippen LogP contribution < -0.4 is 0 Å². The molecule has 2 aliphatic heterocycles. The number of alkyl halides is 1. The molecule has 2 atom stereocenters. The molecular weight excluding hydrogens is 181 g/mol. The van der Waals surface area contributed by atoms with E-state index in [1.165, 1.54) is 0 Å². The van der Waals surface area contributed by atoms with Gasteiger partial charge in [0.05, 0.1) is 6.61 Å². The quantitative estimate of drug-likeness (QED) is 0.676. The second-order valence-corrected chi connectivity index (χ2v) is 4.98. The molecule has 0 spiro atoms. The predicted octanol–water partition coefficient (Wildman–Crippen LogP) is 1.85. The molecule has 0 aliphatic carbocycles. The average molecular weight is 201 g/mol. The van der Waals surface area contributed by atoms with Crippen LogP contribution in [-0.4, -0.2) is 43.4 Å². The molecule has 0 bridgehead atoms. The maximum atomic E-state index is 13.7. The first kappa shape index (κ1) is 10.4. The minimum Gasteiger partial charge on any atom is -0.381 e. The molecule has 2 heterocycles. The van der Waals surface area contributed by atoms with Gasteiger partial charge < -0.3 is 4.74 Å². The summed E-state index contributed by atoms with van der Waals surface area (Å²) in [5.74, 6) is 0.642. The fraction of sp³-hybridized carbons (Fsp3) is 1.00. The third-order valence-corrected chi connectivity index (χ3v) is 3.27. The van der Waals surface area contributed by atoms with Crippen molar-refractivity contribution in [1.29, 1.82) is 0 Å². The smallest absolute Gasteiger partial charge is 0.120 e. The van der Waals surface area contributed by atoms with Gasteiger partial charge in [0, 0.05) is 19.7 Å². The molecule has 0 radical (unpaired) electrons. The Bertz CT molecular complexity index is 190. The summed E-state index contributed by atoms with van der Waals surface area (Å²) >= 11 is 0. The highest BCUT2D eigenvalue weighted by molar-refractivity contribution is 4.84. The van der Waals surface area contributed by atoms with Gasteiger partial charge in [-0.15, -0.1) is 0 Å². The van der Waals surface area contributed by atoms with Crippen LogP contribution in [-0.2, 0) is 4.74 Å². The zero-order valence-electron chi connectivity index (χ0n) is 8.97. The Hall–Kier alpha value is -0.150. The third kappa shape index (κ3) is 2.67. The minimum atomic E-state index is -0.961. The lowest BCUT2D eigenvalue weighted by Crippen LogP contribution is -2.45. The van der Waals surface area contributed by atoms with Crippen LogP contribution in [0, 0.1) is 5.92 Å². The van der Waals surface area contributed by atoms with E-state index in [0.29, 0.717) is 12.5 Å². The average Bonchev–Trinajstić information content (AvgIpc) is 2.54. The van der Waals surface area contributed by atoms with E-state index in [1.807, 2.05) is 0 Å². The van der Waals surface area contributed by atoms with E-state index in [4.69, 9.17) is 4.74 Å². The topological polar surface area (TPSA) is 12.5 Å². The molecule has 0 N–H and O–H groups in total. The molecule has 0 saturated carbocycles. The zero-order chi connectivity index (χ0) is 10.0. The van der Waals surface area contributed by atoms with E-state index in [9.17, 15) is 4.39 Å². The maximum Gasteiger partial charge on any atom is 0.120 e. The number of hydrogen-bond acceptors (Lipinski definition) is 2. The van der Waals surface area contributed by atoms with Crippen molar-refractivity contribution in [3.8, 4) is 0 Å². The van der Waals surface area contributed by atoms with Gasteiger partial charge in [-0.05, 0) is 38.6 Å². The molecule has 82 valence electrons. The summed E-state index contributed by atoms with van der Waals surface area (Å²) in [4.78, 5) is 2.27. The predicted molar refractivity (Wildman–Crippen MR) is 54.1 cm³/mol. The monoisotopic (exact) mass is 201 g/mol. The molecule has 3 heteroatoms. The fourth-order valence-corrected chi connectivity index (χ4v) is 2.54. The van der Waals surface area contributed by atoms with Crippen molar-refractivity contribution < 1.29 is 9.13 Å². The minimum absolute atomic E-state index is 0.615. The van der Waals surface area contributed by atoms with Crippen molar-refractivity contribution in [3.63, 3.8) is 0 Å². The second-order valence-electron chi connectivity index (χ2n) is 4.98. The van der Waals surface area contributed by atoms with Gasteiger partial charge in [-0.25, -0.2) is 4.39 Å². The SMILES string of the molecule is C[C@@]1(F)CCCN(C[C@@H]2CCOC2)C1. The maximum absolute atomic E-state index is 13.7. The lowest BCUT2D eigenvalue weighted by Gasteiger charge is -2.36. The third-order valence-electron chi connectivity index (χ3n) is 3.27. The van der Waals surface area contributed by atoms with E-state index in [0.717, 1.165) is 45.6 Å². The Morgan fingerprint density at radius 2 is 2.43 bits per heavy atom. The van der Waals surface area contributed by atoms with Crippen LogP contribution >= 0.6 is 0 Å². The highest BCUT2D eigenvalue weighted by Crippen LogP contribution is 2.26. The summed E-state index contributed by atoms with van der Waals surface area (Å²) in [6.45, 7) is 6.20. The van der Waals surface area contributed by atoms with E-state index >= 15 is 0 Å². The van der Waals surface area contributed by atoms with Crippen molar-refractivity contribution in [2.45, 2.75) is 31.9 Å². The largest absolute Gasteiger partial charge is 0.381 e. The Morgan fingerprint density at radius 1 is 1.57 bits per heavy atom. The number of rotatable bonds is 2. The molecule has 2 fully saturated rings. The summed E-state index contributed by atoms with van der Waals surface area (Å²) in [6, 6.07) is 0. The highest BCUT2D eigenvalue weighted by atomic mass is 19.1. The summed E-state index contributed by atoms with van der Waals surface area (Å²) < 4.78 is 19.1. The van der Waals surface area contributed by atoms with Crippen LogP contribution in [0.5, 0.6) is 0 Å². The van der Waals surface area contributed by atoms with Gasteiger partial charge in [-0.3, -0.25) is 4.90 Å². The van der Waals surface area contributed by atoms with Crippen LogP contribution in [0.3, 0.4) is 0 Å². The van der Waals surface area contributed by atoms with E-state index in [-0.39, 0.29) is 0 Å². The van der Waals surface area contributed by atoms with Gasteiger partial charge in [0.25, 0.3) is 0 Å². The summed E-state index contributed by atoms with van der Waals surface area (Å²) in [5, 5.41) is 0. The lowest BCUT2D eigenvalue weighted by atomic mass is 9.96. The summed E-state index contributed by atoms with van der Waals surface area (Å²) in [7, 11) is 0. The van der Waals surface area contributed by atoms with Gasteiger partial charge in [-0.2, -0.15) is 0 Å². The van der Waals surface area contributed by atoms with Crippen molar-refractivity contribution >= 4 is 0 Å². The summed E-state index contributed by atoms with van der Waals surface area (Å²) in [6.07, 6.45) is 2.88. The molecule has 14 heavy (non-hydrogen) atoms. The zero-order valence-corrected chi connectivity index (χ0v) is 8.97. The van der Waals surface area contributed by atoms with Gasteiger partial charge in [0.1, 0.15) is 5.67 Å². The van der Waals surface area contributed by atoms with Crippen molar-refractivity contribution in [3.05, 3.63) is 0 Å². The first-order chi connectivity index (χ1) is 6.66. The Morgan fingerprint density at radius 3 is 3.07 bits per heavy atom. The van der Waals surface area contributed by atoms with Crippen LogP contribution in [0.4, 0.5) is 4.39 Å². The van der Waals surface area contributed by atoms with Crippen LogP contribution in [0.25, 0.3) is 0 Å². The Labute approximate surface area is 85.4 Å². The van der Waals surface area contributed by atoms with Gasteiger partial charge in [-0.1, -0.05) is 0 Å². The molecular formula is C11H20FNO. The molecule has 0 aromatic rings. The van der Waals surface area contributed by atoms with Gasteiger partial charge in [0.2, 0.25) is 0 Å². The molecule has 2 nitrogen and oxygen atoms in total. The summed E-state index contributed by atoms with van der Waals surface area (Å²) in [5.41, 5.74) is -0.961. The Kier molecular flexibility index (Phi) is 3.07. The number of hydrogen-bond donors (Lipinski definition) is 0. The van der Waals surface area contributed by atoms with E-state index in [2.05, 4.69) is 4.90 Å². The second kappa shape index (κ2) is 4.15. The standard InChI is InChI=1S/C11H20FNO/c1-11(12)4-2-5-13(9-11)7-10-3-6-14-8-10/h10H,2-9H2,1H3/t10-,11+/m0/s1. The molecule has 2 rings (SSSR count). The Balaban J connectivity index is 1.79. The van der Waals surface area contributed by atoms with E-state index < -0.39 is 5.67 Å². The van der Waals surface area contributed by atoms with E-state index in [1.54, 1.807) is 6.92 Å². The first-order valence-corrected chi connectivity index (χ1v) is 5.65. The molecule has 2 aliphatic rings. The number of piperidine rings is 1. The molecule has 0 aromatic heterocycles. The molecule has 2 saturated heterocycles. The molecule has 0 unspecified atom stereocenters. The fourth-order valence-electron chi connectivity index (χ4n) is 2.54. The number of nitrogens with zero attached hydrogens (tertiary/aromatic N) is 1. The normalized spacial score (nSPS) is 40.3. The van der Waals surface area contributed by atoms with Crippen molar-refractivity contribution in [2.24, 2.45) is 5.92 Å². The van der Waals surface area contributed by atoms with Crippen LogP contribution in [0.2, 0.25) is 0 Å². The lowest BCUT2D eigenvalue weighted by molar-refractivity contribution is 0.0498. The number of likely N-dealkylation sites (tertiary alicyclic amines) is 1. The first-order valence-electron chi connectivity index (χ1n) is 5.65. The van der Waals surface area contributed by atoms with Crippen molar-refractivity contribution in [1.82, 2.24) is 4.90 Å².